The Morgan fingerprint density at radius 3 is 2.56 bits per heavy atom. The van der Waals surface area contributed by atoms with Crippen molar-refractivity contribution in [3.63, 3.8) is 0 Å². The van der Waals surface area contributed by atoms with Gasteiger partial charge in [-0.15, -0.1) is 0 Å². The second-order valence-electron chi connectivity index (χ2n) is 5.69. The zero-order valence-corrected chi connectivity index (χ0v) is 13.5. The molecular formula is C19H15NO5. The van der Waals surface area contributed by atoms with E-state index < -0.39 is 0 Å². The molecule has 0 atom stereocenters. The second-order valence-corrected chi connectivity index (χ2v) is 5.69. The van der Waals surface area contributed by atoms with E-state index in [1.165, 1.54) is 4.90 Å². The molecule has 0 radical (unpaired) electrons. The molecule has 2 heterocycles. The van der Waals surface area contributed by atoms with Crippen molar-refractivity contribution >= 4 is 23.6 Å². The highest BCUT2D eigenvalue weighted by molar-refractivity contribution is 6.29. The molecule has 2 aromatic rings. The molecule has 0 saturated carbocycles. The van der Waals surface area contributed by atoms with Crippen LogP contribution < -0.4 is 19.1 Å². The number of nitrogens with zero attached hydrogens (tertiary/aromatic N) is 1. The summed E-state index contributed by atoms with van der Waals surface area (Å²) in [5, 5.41) is 0. The third kappa shape index (κ3) is 2.71. The Morgan fingerprint density at radius 2 is 1.80 bits per heavy atom. The minimum absolute atomic E-state index is 0.0688. The van der Waals surface area contributed by atoms with E-state index in [-0.39, 0.29) is 25.0 Å². The van der Waals surface area contributed by atoms with Crippen molar-refractivity contribution in [1.29, 1.82) is 0 Å². The Hall–Kier alpha value is -3.28. The quantitative estimate of drug-likeness (QED) is 0.636. The number of amides is 2. The average molecular weight is 337 g/mol. The van der Waals surface area contributed by atoms with Crippen LogP contribution in [-0.2, 0) is 9.59 Å². The molecule has 0 N–H and O–H groups in total. The molecule has 0 bridgehead atoms. The van der Waals surface area contributed by atoms with E-state index in [0.29, 0.717) is 22.8 Å². The maximum Gasteiger partial charge on any atom is 0.261 e. The van der Waals surface area contributed by atoms with Gasteiger partial charge in [-0.3, -0.25) is 9.59 Å². The Morgan fingerprint density at radius 1 is 1.04 bits per heavy atom. The first kappa shape index (κ1) is 15.3. The summed E-state index contributed by atoms with van der Waals surface area (Å²) < 4.78 is 15.7. The van der Waals surface area contributed by atoms with Gasteiger partial charge >= 0.3 is 0 Å². The maximum atomic E-state index is 12.7. The summed E-state index contributed by atoms with van der Waals surface area (Å²) in [6.45, 7) is 0.142. The third-order valence-corrected chi connectivity index (χ3v) is 4.14. The number of benzene rings is 2. The van der Waals surface area contributed by atoms with E-state index >= 15 is 0 Å². The molecule has 1 saturated heterocycles. The summed E-state index contributed by atoms with van der Waals surface area (Å²) in [6, 6.07) is 12.3. The van der Waals surface area contributed by atoms with E-state index in [9.17, 15) is 9.59 Å². The Balaban J connectivity index is 1.62. The van der Waals surface area contributed by atoms with Crippen molar-refractivity contribution in [3.05, 3.63) is 53.6 Å². The Labute approximate surface area is 144 Å². The van der Waals surface area contributed by atoms with Crippen LogP contribution in [0.4, 0.5) is 5.69 Å². The van der Waals surface area contributed by atoms with Crippen LogP contribution in [0.5, 0.6) is 17.2 Å². The minimum Gasteiger partial charge on any atom is -0.497 e. The second kappa shape index (κ2) is 5.98. The lowest BCUT2D eigenvalue weighted by molar-refractivity contribution is -0.120. The number of fused-ring (bicyclic) bond motifs is 1. The predicted molar refractivity (Wildman–Crippen MR) is 90.6 cm³/mol. The van der Waals surface area contributed by atoms with Gasteiger partial charge in [0.05, 0.1) is 19.2 Å². The molecule has 2 amide bonds. The largest absolute Gasteiger partial charge is 0.497 e. The fourth-order valence-corrected chi connectivity index (χ4v) is 2.87. The van der Waals surface area contributed by atoms with E-state index in [1.54, 1.807) is 31.4 Å². The zero-order chi connectivity index (χ0) is 17.4. The van der Waals surface area contributed by atoms with Gasteiger partial charge in [-0.25, -0.2) is 4.90 Å². The number of ether oxygens (including phenoxy) is 3. The van der Waals surface area contributed by atoms with Crippen LogP contribution in [-0.4, -0.2) is 25.7 Å². The van der Waals surface area contributed by atoms with Gasteiger partial charge in [0.15, 0.2) is 11.5 Å². The van der Waals surface area contributed by atoms with Gasteiger partial charge in [-0.2, -0.15) is 0 Å². The molecule has 1 fully saturated rings. The topological polar surface area (TPSA) is 65.1 Å². The zero-order valence-electron chi connectivity index (χ0n) is 13.5. The number of hydrogen-bond acceptors (Lipinski definition) is 5. The lowest BCUT2D eigenvalue weighted by Gasteiger charge is -2.13. The molecule has 0 aliphatic carbocycles. The van der Waals surface area contributed by atoms with Gasteiger partial charge in [-0.05, 0) is 35.9 Å². The van der Waals surface area contributed by atoms with Crippen molar-refractivity contribution in [2.45, 2.75) is 6.42 Å². The Kier molecular flexibility index (Phi) is 3.65. The third-order valence-electron chi connectivity index (χ3n) is 4.14. The van der Waals surface area contributed by atoms with E-state index in [1.807, 2.05) is 24.3 Å². The standard InChI is InChI=1S/C19H15NO5/c1-23-15-5-2-12(3-6-15)8-13-9-18(21)20(19(13)22)14-4-7-16-17(10-14)25-11-24-16/h2-8,10H,9,11H2,1H3/b13-8+. The fourth-order valence-electron chi connectivity index (χ4n) is 2.87. The molecule has 0 spiro atoms. The molecule has 4 rings (SSSR count). The number of anilines is 1. The monoisotopic (exact) mass is 337 g/mol. The first-order valence-electron chi connectivity index (χ1n) is 7.77. The summed E-state index contributed by atoms with van der Waals surface area (Å²) in [5.41, 5.74) is 1.77. The average Bonchev–Trinajstić information content (AvgIpc) is 3.19. The van der Waals surface area contributed by atoms with Crippen molar-refractivity contribution in [2.24, 2.45) is 0 Å². The highest BCUT2D eigenvalue weighted by atomic mass is 16.7. The van der Waals surface area contributed by atoms with Crippen LogP contribution >= 0.6 is 0 Å². The fraction of sp³-hybridized carbons (Fsp3) is 0.158. The van der Waals surface area contributed by atoms with Crippen molar-refractivity contribution in [1.82, 2.24) is 0 Å². The molecule has 6 nitrogen and oxygen atoms in total. The lowest BCUT2D eigenvalue weighted by atomic mass is 10.1. The molecule has 2 aromatic carbocycles. The number of carbonyl (C=O) groups is 2. The van der Waals surface area contributed by atoms with Crippen LogP contribution in [0.2, 0.25) is 0 Å². The molecular weight excluding hydrogens is 322 g/mol. The van der Waals surface area contributed by atoms with Gasteiger partial charge in [0.2, 0.25) is 12.7 Å². The SMILES string of the molecule is COc1ccc(/C=C2\CC(=O)N(c3ccc4c(c3)OCO4)C2=O)cc1. The summed E-state index contributed by atoms with van der Waals surface area (Å²) in [4.78, 5) is 26.2. The number of hydrogen-bond donors (Lipinski definition) is 0. The molecule has 0 aromatic heterocycles. The van der Waals surface area contributed by atoms with Crippen molar-refractivity contribution in [3.8, 4) is 17.2 Å². The van der Waals surface area contributed by atoms with E-state index in [2.05, 4.69) is 0 Å². The van der Waals surface area contributed by atoms with Crippen LogP contribution in [0.1, 0.15) is 12.0 Å². The molecule has 2 aliphatic heterocycles. The smallest absolute Gasteiger partial charge is 0.261 e. The van der Waals surface area contributed by atoms with Gasteiger partial charge < -0.3 is 14.2 Å². The van der Waals surface area contributed by atoms with Gasteiger partial charge in [0.25, 0.3) is 5.91 Å². The highest BCUT2D eigenvalue weighted by Crippen LogP contribution is 2.37. The summed E-state index contributed by atoms with van der Waals surface area (Å²) in [6.07, 6.45) is 1.80. The molecule has 126 valence electrons. The van der Waals surface area contributed by atoms with Crippen LogP contribution in [0, 0.1) is 0 Å². The van der Waals surface area contributed by atoms with Crippen LogP contribution in [0.25, 0.3) is 6.08 Å². The number of imide groups is 1. The van der Waals surface area contributed by atoms with Gasteiger partial charge in [0, 0.05) is 11.6 Å². The number of carbonyl (C=O) groups excluding carboxylic acids is 2. The molecule has 2 aliphatic rings. The van der Waals surface area contributed by atoms with Crippen LogP contribution in [0.15, 0.2) is 48.0 Å². The summed E-state index contributed by atoms with van der Waals surface area (Å²) in [5.74, 6) is 1.30. The maximum absolute atomic E-state index is 12.7. The minimum atomic E-state index is -0.320. The number of rotatable bonds is 3. The predicted octanol–water partition coefficient (Wildman–Crippen LogP) is 2.77. The first-order valence-corrected chi connectivity index (χ1v) is 7.77. The lowest BCUT2D eigenvalue weighted by Crippen LogP contribution is -2.28. The summed E-state index contributed by atoms with van der Waals surface area (Å²) in [7, 11) is 1.59. The Bertz CT molecular complexity index is 885. The highest BCUT2D eigenvalue weighted by Gasteiger charge is 2.35. The first-order chi connectivity index (χ1) is 12.2. The molecule has 25 heavy (non-hydrogen) atoms. The summed E-state index contributed by atoms with van der Waals surface area (Å²) >= 11 is 0. The molecule has 0 unspecified atom stereocenters. The normalized spacial score (nSPS) is 17.5. The van der Waals surface area contributed by atoms with E-state index in [4.69, 9.17) is 14.2 Å². The van der Waals surface area contributed by atoms with Gasteiger partial charge in [-0.1, -0.05) is 12.1 Å². The van der Waals surface area contributed by atoms with Gasteiger partial charge in [0.1, 0.15) is 5.75 Å². The number of methoxy groups -OCH3 is 1. The van der Waals surface area contributed by atoms with E-state index in [0.717, 1.165) is 11.3 Å². The van der Waals surface area contributed by atoms with Crippen molar-refractivity contribution in [2.75, 3.05) is 18.8 Å². The molecule has 6 heteroatoms. The van der Waals surface area contributed by atoms with Crippen LogP contribution in [0.3, 0.4) is 0 Å². The van der Waals surface area contributed by atoms with Crippen molar-refractivity contribution < 1.29 is 23.8 Å².